The van der Waals surface area contributed by atoms with Crippen LogP contribution in [0.15, 0.2) is 36.7 Å². The molecule has 1 atom stereocenters. The predicted octanol–water partition coefficient (Wildman–Crippen LogP) is 2.14. The second-order valence-corrected chi connectivity index (χ2v) is 7.63. The van der Waals surface area contributed by atoms with E-state index in [1.54, 1.807) is 29.4 Å². The largest absolute Gasteiger partial charge is 0.339 e. The van der Waals surface area contributed by atoms with Crippen molar-refractivity contribution in [3.63, 3.8) is 0 Å². The van der Waals surface area contributed by atoms with E-state index in [9.17, 15) is 9.59 Å². The normalized spacial score (nSPS) is 20.0. The van der Waals surface area contributed by atoms with Crippen LogP contribution >= 0.6 is 11.6 Å². The third-order valence-electron chi connectivity index (χ3n) is 5.35. The molecule has 0 N–H and O–H groups in total. The van der Waals surface area contributed by atoms with Gasteiger partial charge in [0, 0.05) is 62.2 Å². The third kappa shape index (κ3) is 3.67. The molecule has 7 nitrogen and oxygen atoms in total. The maximum atomic E-state index is 13.0. The first-order valence-electron chi connectivity index (χ1n) is 9.40. The molecular weight excluding hydrogens is 378 g/mol. The summed E-state index contributed by atoms with van der Waals surface area (Å²) in [5, 5.41) is 0.640. The molecule has 1 aromatic carbocycles. The molecule has 2 aromatic rings. The first-order valence-corrected chi connectivity index (χ1v) is 9.78. The molecular formula is C20H22ClN5O2. The van der Waals surface area contributed by atoms with Crippen LogP contribution in [0.1, 0.15) is 12.0 Å². The number of carbonyl (C=O) groups is 2. The fraction of sp³-hybridized carbons (Fsp3) is 0.400. The molecule has 2 aliphatic rings. The monoisotopic (exact) mass is 399 g/mol. The Bertz CT molecular complexity index is 883. The maximum absolute atomic E-state index is 13.0. The Labute approximate surface area is 168 Å². The van der Waals surface area contributed by atoms with E-state index in [0.717, 1.165) is 11.3 Å². The van der Waals surface area contributed by atoms with Crippen LogP contribution in [0.5, 0.6) is 0 Å². The topological polar surface area (TPSA) is 69.6 Å². The zero-order valence-electron chi connectivity index (χ0n) is 15.7. The first kappa shape index (κ1) is 18.7. The summed E-state index contributed by atoms with van der Waals surface area (Å²) >= 11 is 6.02. The minimum Gasteiger partial charge on any atom is -0.339 e. The standard InChI is InChI=1S/C20H22ClN5O2/c1-14-11-16(21)3-4-17(14)26-13-15(12-18(26)27)19(28)24-7-9-25(10-8-24)20-22-5-2-6-23-20/h2-6,11,15H,7-10,12-13H2,1H3. The average Bonchev–Trinajstić information content (AvgIpc) is 3.10. The molecule has 4 rings (SSSR count). The maximum Gasteiger partial charge on any atom is 0.228 e. The fourth-order valence-electron chi connectivity index (χ4n) is 3.87. The van der Waals surface area contributed by atoms with Crippen molar-refractivity contribution in [2.75, 3.05) is 42.5 Å². The van der Waals surface area contributed by atoms with Gasteiger partial charge in [0.2, 0.25) is 17.8 Å². The number of aromatic nitrogens is 2. The second-order valence-electron chi connectivity index (χ2n) is 7.20. The smallest absolute Gasteiger partial charge is 0.228 e. The Morgan fingerprint density at radius 3 is 2.54 bits per heavy atom. The quantitative estimate of drug-likeness (QED) is 0.790. The van der Waals surface area contributed by atoms with Crippen molar-refractivity contribution >= 4 is 35.1 Å². The number of benzene rings is 1. The number of piperazine rings is 1. The molecule has 2 aliphatic heterocycles. The third-order valence-corrected chi connectivity index (χ3v) is 5.59. The van der Waals surface area contributed by atoms with Crippen molar-refractivity contribution in [3.05, 3.63) is 47.2 Å². The van der Waals surface area contributed by atoms with Gasteiger partial charge in [-0.25, -0.2) is 9.97 Å². The van der Waals surface area contributed by atoms with Gasteiger partial charge in [0.15, 0.2) is 0 Å². The van der Waals surface area contributed by atoms with Crippen LogP contribution in [-0.2, 0) is 9.59 Å². The molecule has 0 radical (unpaired) electrons. The highest BCUT2D eigenvalue weighted by atomic mass is 35.5. The van der Waals surface area contributed by atoms with Crippen molar-refractivity contribution in [2.24, 2.45) is 5.92 Å². The number of amides is 2. The Kier molecular flexibility index (Phi) is 5.17. The minimum absolute atomic E-state index is 0.0138. The van der Waals surface area contributed by atoms with Crippen molar-refractivity contribution in [1.29, 1.82) is 0 Å². The lowest BCUT2D eigenvalue weighted by Gasteiger charge is -2.35. The summed E-state index contributed by atoms with van der Waals surface area (Å²) < 4.78 is 0. The molecule has 0 bridgehead atoms. The van der Waals surface area contributed by atoms with E-state index in [-0.39, 0.29) is 24.2 Å². The lowest BCUT2D eigenvalue weighted by atomic mass is 10.1. The van der Waals surface area contributed by atoms with E-state index in [1.165, 1.54) is 0 Å². The highest BCUT2D eigenvalue weighted by Crippen LogP contribution is 2.30. The molecule has 1 aromatic heterocycles. The zero-order chi connectivity index (χ0) is 19.7. The van der Waals surface area contributed by atoms with Crippen LogP contribution in [-0.4, -0.2) is 59.4 Å². The van der Waals surface area contributed by atoms with Crippen LogP contribution in [0.3, 0.4) is 0 Å². The van der Waals surface area contributed by atoms with Gasteiger partial charge in [-0.15, -0.1) is 0 Å². The highest BCUT2D eigenvalue weighted by Gasteiger charge is 2.38. The van der Waals surface area contributed by atoms with Crippen LogP contribution < -0.4 is 9.80 Å². The van der Waals surface area contributed by atoms with E-state index in [0.29, 0.717) is 43.7 Å². The van der Waals surface area contributed by atoms with Crippen LogP contribution in [0.4, 0.5) is 11.6 Å². The lowest BCUT2D eigenvalue weighted by Crippen LogP contribution is -2.51. The zero-order valence-corrected chi connectivity index (χ0v) is 16.5. The molecule has 8 heteroatoms. The Hall–Kier alpha value is -2.67. The molecule has 2 amide bonds. The summed E-state index contributed by atoms with van der Waals surface area (Å²) in [6.07, 6.45) is 3.69. The molecule has 0 saturated carbocycles. The molecule has 0 spiro atoms. The van der Waals surface area contributed by atoms with Gasteiger partial charge in [0.1, 0.15) is 0 Å². The van der Waals surface area contributed by atoms with Crippen LogP contribution in [0.2, 0.25) is 5.02 Å². The summed E-state index contributed by atoms with van der Waals surface area (Å²) in [5.41, 5.74) is 1.76. The van der Waals surface area contributed by atoms with Gasteiger partial charge in [0.25, 0.3) is 0 Å². The summed E-state index contributed by atoms with van der Waals surface area (Å²) in [6, 6.07) is 7.25. The van der Waals surface area contributed by atoms with Gasteiger partial charge < -0.3 is 14.7 Å². The van der Waals surface area contributed by atoms with Crippen molar-refractivity contribution in [1.82, 2.24) is 14.9 Å². The summed E-state index contributed by atoms with van der Waals surface area (Å²) in [6.45, 7) is 4.95. The van der Waals surface area contributed by atoms with Gasteiger partial charge in [-0.3, -0.25) is 9.59 Å². The van der Waals surface area contributed by atoms with E-state index in [2.05, 4.69) is 14.9 Å². The highest BCUT2D eigenvalue weighted by molar-refractivity contribution is 6.30. The first-order chi connectivity index (χ1) is 13.5. The molecule has 2 fully saturated rings. The van der Waals surface area contributed by atoms with E-state index in [1.807, 2.05) is 24.0 Å². The molecule has 28 heavy (non-hydrogen) atoms. The Balaban J connectivity index is 1.39. The number of aryl methyl sites for hydroxylation is 1. The predicted molar refractivity (Wildman–Crippen MR) is 107 cm³/mol. The Morgan fingerprint density at radius 1 is 1.14 bits per heavy atom. The van der Waals surface area contributed by atoms with Crippen LogP contribution in [0.25, 0.3) is 0 Å². The van der Waals surface area contributed by atoms with E-state index < -0.39 is 0 Å². The number of nitrogens with zero attached hydrogens (tertiary/aromatic N) is 5. The number of rotatable bonds is 3. The van der Waals surface area contributed by atoms with Crippen molar-refractivity contribution < 1.29 is 9.59 Å². The minimum atomic E-state index is -0.304. The van der Waals surface area contributed by atoms with Gasteiger partial charge in [-0.1, -0.05) is 11.6 Å². The van der Waals surface area contributed by atoms with Crippen LogP contribution in [0, 0.1) is 12.8 Å². The molecule has 2 saturated heterocycles. The number of hydrogen-bond acceptors (Lipinski definition) is 5. The summed E-state index contributed by atoms with van der Waals surface area (Å²) in [4.78, 5) is 39.7. The number of halogens is 1. The molecule has 0 aliphatic carbocycles. The van der Waals surface area contributed by atoms with E-state index in [4.69, 9.17) is 11.6 Å². The summed E-state index contributed by atoms with van der Waals surface area (Å²) in [5.74, 6) is 0.424. The van der Waals surface area contributed by atoms with Gasteiger partial charge in [-0.2, -0.15) is 0 Å². The van der Waals surface area contributed by atoms with E-state index >= 15 is 0 Å². The fourth-order valence-corrected chi connectivity index (χ4v) is 4.09. The summed E-state index contributed by atoms with van der Waals surface area (Å²) in [7, 11) is 0. The molecule has 146 valence electrons. The molecule has 3 heterocycles. The number of anilines is 2. The lowest BCUT2D eigenvalue weighted by molar-refractivity contribution is -0.136. The van der Waals surface area contributed by atoms with Crippen molar-refractivity contribution in [3.8, 4) is 0 Å². The van der Waals surface area contributed by atoms with Gasteiger partial charge in [-0.05, 0) is 36.8 Å². The SMILES string of the molecule is Cc1cc(Cl)ccc1N1CC(C(=O)N2CCN(c3ncccn3)CC2)CC1=O. The average molecular weight is 400 g/mol. The number of hydrogen-bond donors (Lipinski definition) is 0. The number of carbonyl (C=O) groups excluding carboxylic acids is 2. The Morgan fingerprint density at radius 2 is 1.86 bits per heavy atom. The van der Waals surface area contributed by atoms with Crippen molar-refractivity contribution in [2.45, 2.75) is 13.3 Å². The van der Waals surface area contributed by atoms with Gasteiger partial charge >= 0.3 is 0 Å². The van der Waals surface area contributed by atoms with Gasteiger partial charge in [0.05, 0.1) is 5.92 Å². The molecule has 1 unspecified atom stereocenters. The second kappa shape index (κ2) is 7.75.